The summed E-state index contributed by atoms with van der Waals surface area (Å²) in [6.07, 6.45) is 9.85. The number of aryl methyl sites for hydroxylation is 1. The molecular formula is C10H8ClN3. The van der Waals surface area contributed by atoms with Crippen LogP contribution in [-0.4, -0.2) is 14.6 Å². The van der Waals surface area contributed by atoms with Crippen molar-refractivity contribution < 1.29 is 0 Å². The van der Waals surface area contributed by atoms with E-state index in [1.54, 1.807) is 4.52 Å². The molecule has 70 valence electrons. The van der Waals surface area contributed by atoms with Crippen LogP contribution in [0.15, 0.2) is 18.6 Å². The Morgan fingerprint density at radius 2 is 2.36 bits per heavy atom. The van der Waals surface area contributed by atoms with Gasteiger partial charge in [0, 0.05) is 6.20 Å². The molecule has 0 bridgehead atoms. The van der Waals surface area contributed by atoms with Gasteiger partial charge in [0.25, 0.3) is 0 Å². The molecule has 0 atom stereocenters. The Bertz CT molecular complexity index is 527. The van der Waals surface area contributed by atoms with E-state index in [0.29, 0.717) is 5.15 Å². The first-order chi connectivity index (χ1) is 6.86. The molecule has 1 aliphatic rings. The maximum Gasteiger partial charge on any atom is 0.156 e. The van der Waals surface area contributed by atoms with E-state index in [1.165, 1.54) is 17.5 Å². The van der Waals surface area contributed by atoms with Crippen LogP contribution < -0.4 is 0 Å². The molecular weight excluding hydrogens is 198 g/mol. The number of allylic oxidation sites excluding steroid dienone is 1. The Morgan fingerprint density at radius 1 is 1.43 bits per heavy atom. The van der Waals surface area contributed by atoms with Gasteiger partial charge in [0.15, 0.2) is 5.15 Å². The zero-order chi connectivity index (χ0) is 9.54. The van der Waals surface area contributed by atoms with Gasteiger partial charge in [0.1, 0.15) is 11.8 Å². The summed E-state index contributed by atoms with van der Waals surface area (Å²) in [6, 6.07) is 0. The first kappa shape index (κ1) is 8.00. The van der Waals surface area contributed by atoms with E-state index < -0.39 is 0 Å². The molecule has 3 rings (SSSR count). The first-order valence-electron chi connectivity index (χ1n) is 4.53. The van der Waals surface area contributed by atoms with E-state index >= 15 is 0 Å². The highest BCUT2D eigenvalue weighted by Crippen LogP contribution is 2.28. The first-order valence-corrected chi connectivity index (χ1v) is 4.91. The second-order valence-corrected chi connectivity index (χ2v) is 3.71. The molecule has 3 nitrogen and oxygen atoms in total. The molecule has 0 unspecified atom stereocenters. The topological polar surface area (TPSA) is 30.2 Å². The molecule has 4 heteroatoms. The minimum absolute atomic E-state index is 0.538. The summed E-state index contributed by atoms with van der Waals surface area (Å²) in [6.45, 7) is 0. The summed E-state index contributed by atoms with van der Waals surface area (Å²) >= 11 is 6.04. The summed E-state index contributed by atoms with van der Waals surface area (Å²) in [5.41, 5.74) is 3.42. The van der Waals surface area contributed by atoms with Gasteiger partial charge in [0.05, 0.1) is 0 Å². The molecule has 2 aromatic heterocycles. The zero-order valence-corrected chi connectivity index (χ0v) is 8.20. The fourth-order valence-electron chi connectivity index (χ4n) is 1.90. The van der Waals surface area contributed by atoms with E-state index in [1.807, 2.05) is 6.20 Å². The Morgan fingerprint density at radius 3 is 3.29 bits per heavy atom. The monoisotopic (exact) mass is 205 g/mol. The van der Waals surface area contributed by atoms with E-state index in [4.69, 9.17) is 11.6 Å². The third-order valence-corrected chi connectivity index (χ3v) is 2.80. The zero-order valence-electron chi connectivity index (χ0n) is 7.44. The lowest BCUT2D eigenvalue weighted by molar-refractivity contribution is 0.898. The number of halogens is 1. The fourth-order valence-corrected chi connectivity index (χ4v) is 2.14. The maximum atomic E-state index is 6.04. The lowest BCUT2D eigenvalue weighted by Crippen LogP contribution is -1.94. The normalized spacial score (nSPS) is 14.6. The van der Waals surface area contributed by atoms with Crippen molar-refractivity contribution in [2.24, 2.45) is 0 Å². The molecule has 0 N–H and O–H groups in total. The molecule has 0 saturated heterocycles. The van der Waals surface area contributed by atoms with Gasteiger partial charge < -0.3 is 0 Å². The standard InChI is InChI=1S/C10H8ClN3/c11-10-9-8-4-2-1-3-7(8)5-14(9)13-6-12-10/h1,3,5-6H,2,4H2. The van der Waals surface area contributed by atoms with Crippen molar-refractivity contribution in [1.29, 1.82) is 0 Å². The number of hydrogen-bond acceptors (Lipinski definition) is 2. The van der Waals surface area contributed by atoms with E-state index in [2.05, 4.69) is 22.2 Å². The maximum absolute atomic E-state index is 6.04. The van der Waals surface area contributed by atoms with Gasteiger partial charge in [-0.05, 0) is 24.0 Å². The van der Waals surface area contributed by atoms with Crippen LogP contribution in [0.1, 0.15) is 17.5 Å². The summed E-state index contributed by atoms with van der Waals surface area (Å²) in [5, 5.41) is 4.67. The molecule has 1 aliphatic carbocycles. The SMILES string of the molecule is Clc1ncnn2cc3c(c12)CCC=C3. The Balaban J connectivity index is 2.45. The van der Waals surface area contributed by atoms with Crippen molar-refractivity contribution in [2.45, 2.75) is 12.8 Å². The molecule has 2 heterocycles. The summed E-state index contributed by atoms with van der Waals surface area (Å²) in [5.74, 6) is 0. The van der Waals surface area contributed by atoms with Crippen molar-refractivity contribution in [3.05, 3.63) is 34.9 Å². The Hall–Kier alpha value is -1.35. The minimum atomic E-state index is 0.538. The van der Waals surface area contributed by atoms with Gasteiger partial charge in [-0.2, -0.15) is 5.10 Å². The smallest absolute Gasteiger partial charge is 0.156 e. The number of hydrogen-bond donors (Lipinski definition) is 0. The predicted molar refractivity (Wildman–Crippen MR) is 55.4 cm³/mol. The molecule has 0 aromatic carbocycles. The lowest BCUT2D eigenvalue weighted by Gasteiger charge is -2.04. The van der Waals surface area contributed by atoms with Crippen LogP contribution in [0.5, 0.6) is 0 Å². The van der Waals surface area contributed by atoms with E-state index in [-0.39, 0.29) is 0 Å². The van der Waals surface area contributed by atoms with Gasteiger partial charge in [-0.15, -0.1) is 0 Å². The van der Waals surface area contributed by atoms with E-state index in [9.17, 15) is 0 Å². The average molecular weight is 206 g/mol. The predicted octanol–water partition coefficient (Wildman–Crippen LogP) is 2.34. The number of rotatable bonds is 0. The number of nitrogens with zero attached hydrogens (tertiary/aromatic N) is 3. The molecule has 0 amide bonds. The van der Waals surface area contributed by atoms with Crippen LogP contribution in [0.25, 0.3) is 11.6 Å². The van der Waals surface area contributed by atoms with Crippen molar-refractivity contribution in [1.82, 2.24) is 14.6 Å². The van der Waals surface area contributed by atoms with Crippen LogP contribution >= 0.6 is 11.6 Å². The van der Waals surface area contributed by atoms with Crippen molar-refractivity contribution in [3.63, 3.8) is 0 Å². The fraction of sp³-hybridized carbons (Fsp3) is 0.200. The summed E-state index contributed by atoms with van der Waals surface area (Å²) in [7, 11) is 0. The van der Waals surface area contributed by atoms with Crippen LogP contribution in [-0.2, 0) is 6.42 Å². The van der Waals surface area contributed by atoms with Gasteiger partial charge in [0.2, 0.25) is 0 Å². The quantitative estimate of drug-likeness (QED) is 0.661. The Labute approximate surface area is 86.0 Å². The van der Waals surface area contributed by atoms with Gasteiger partial charge >= 0.3 is 0 Å². The highest BCUT2D eigenvalue weighted by molar-refractivity contribution is 6.32. The summed E-state index contributed by atoms with van der Waals surface area (Å²) in [4.78, 5) is 4.00. The van der Waals surface area contributed by atoms with Gasteiger partial charge in [-0.3, -0.25) is 0 Å². The highest BCUT2D eigenvalue weighted by Gasteiger charge is 2.14. The second-order valence-electron chi connectivity index (χ2n) is 3.35. The minimum Gasteiger partial charge on any atom is -0.235 e. The van der Waals surface area contributed by atoms with Crippen LogP contribution in [0.2, 0.25) is 5.15 Å². The largest absolute Gasteiger partial charge is 0.235 e. The molecule has 2 aromatic rings. The van der Waals surface area contributed by atoms with Crippen molar-refractivity contribution in [3.8, 4) is 0 Å². The lowest BCUT2D eigenvalue weighted by atomic mass is 10.0. The second kappa shape index (κ2) is 2.82. The third-order valence-electron chi connectivity index (χ3n) is 2.53. The number of aromatic nitrogens is 3. The van der Waals surface area contributed by atoms with Gasteiger partial charge in [-0.1, -0.05) is 23.8 Å². The number of fused-ring (bicyclic) bond motifs is 3. The molecule has 0 radical (unpaired) electrons. The summed E-state index contributed by atoms with van der Waals surface area (Å²) < 4.78 is 1.80. The Kier molecular flexibility index (Phi) is 1.61. The van der Waals surface area contributed by atoms with Crippen LogP contribution in [0.4, 0.5) is 0 Å². The third kappa shape index (κ3) is 0.990. The van der Waals surface area contributed by atoms with Gasteiger partial charge in [-0.25, -0.2) is 9.50 Å². The van der Waals surface area contributed by atoms with E-state index in [0.717, 1.165) is 18.4 Å². The molecule has 0 spiro atoms. The molecule has 0 aliphatic heterocycles. The van der Waals surface area contributed by atoms with Crippen LogP contribution in [0, 0.1) is 0 Å². The molecule has 0 fully saturated rings. The molecule has 14 heavy (non-hydrogen) atoms. The molecule has 0 saturated carbocycles. The van der Waals surface area contributed by atoms with Crippen molar-refractivity contribution in [2.75, 3.05) is 0 Å². The highest BCUT2D eigenvalue weighted by atomic mass is 35.5. The van der Waals surface area contributed by atoms with Crippen molar-refractivity contribution >= 4 is 23.2 Å². The average Bonchev–Trinajstić information content (AvgIpc) is 2.57. The van der Waals surface area contributed by atoms with Crippen LogP contribution in [0.3, 0.4) is 0 Å².